The van der Waals surface area contributed by atoms with Gasteiger partial charge < -0.3 is 16.4 Å². The predicted molar refractivity (Wildman–Crippen MR) is 84.6 cm³/mol. The summed E-state index contributed by atoms with van der Waals surface area (Å²) in [6.07, 6.45) is 7.81. The molecule has 4 saturated carbocycles. The molecule has 4 N–H and O–H groups in total. The minimum Gasteiger partial charge on any atom is -0.364 e. The third-order valence-corrected chi connectivity index (χ3v) is 5.50. The summed E-state index contributed by atoms with van der Waals surface area (Å²) in [5.74, 6) is 2.48. The van der Waals surface area contributed by atoms with E-state index >= 15 is 0 Å². The molecule has 0 saturated heterocycles. The number of aryl methyl sites for hydroxylation is 1. The first-order chi connectivity index (χ1) is 10.5. The van der Waals surface area contributed by atoms with Gasteiger partial charge in [-0.3, -0.25) is 4.68 Å². The summed E-state index contributed by atoms with van der Waals surface area (Å²) in [6.45, 7) is 0.725. The van der Waals surface area contributed by atoms with Gasteiger partial charge in [0, 0.05) is 24.7 Å². The van der Waals surface area contributed by atoms with Gasteiger partial charge in [0.05, 0.1) is 11.6 Å². The average Bonchev–Trinajstić information content (AvgIpc) is 3.04. The molecule has 0 atom stereocenters. The summed E-state index contributed by atoms with van der Waals surface area (Å²) in [4.78, 5) is 9.29. The zero-order valence-corrected chi connectivity index (χ0v) is 12.8. The number of hydrogen-bond donors (Lipinski definition) is 3. The van der Waals surface area contributed by atoms with E-state index in [0.29, 0.717) is 5.95 Å². The van der Waals surface area contributed by atoms with Gasteiger partial charge in [-0.2, -0.15) is 15.1 Å². The first-order valence-corrected chi connectivity index (χ1v) is 8.05. The molecule has 4 aliphatic carbocycles. The molecular weight excluding hydrogens is 278 g/mol. The van der Waals surface area contributed by atoms with Crippen LogP contribution in [0.1, 0.15) is 32.1 Å². The summed E-state index contributed by atoms with van der Waals surface area (Å²) < 4.78 is 1.80. The van der Waals surface area contributed by atoms with Crippen LogP contribution < -0.4 is 16.4 Å². The Morgan fingerprint density at radius 2 is 2.09 bits per heavy atom. The van der Waals surface area contributed by atoms with Crippen LogP contribution in [0.25, 0.3) is 11.0 Å². The molecule has 0 unspecified atom stereocenters. The monoisotopic (exact) mass is 299 g/mol. The van der Waals surface area contributed by atoms with Gasteiger partial charge in [0.15, 0.2) is 5.65 Å². The first kappa shape index (κ1) is 12.6. The Kier molecular flexibility index (Phi) is 2.24. The van der Waals surface area contributed by atoms with Crippen LogP contribution in [0.3, 0.4) is 0 Å². The van der Waals surface area contributed by atoms with Gasteiger partial charge in [-0.25, -0.2) is 0 Å². The maximum Gasteiger partial charge on any atom is 0.226 e. The number of nitrogens with one attached hydrogen (secondary N) is 2. The summed E-state index contributed by atoms with van der Waals surface area (Å²) >= 11 is 0. The lowest BCUT2D eigenvalue weighted by Crippen LogP contribution is -2.63. The zero-order chi connectivity index (χ0) is 14.9. The topological polar surface area (TPSA) is 93.7 Å². The van der Waals surface area contributed by atoms with Gasteiger partial charge in [-0.1, -0.05) is 0 Å². The molecule has 0 aromatic carbocycles. The van der Waals surface area contributed by atoms with E-state index in [1.165, 1.54) is 19.3 Å². The number of anilines is 2. The highest BCUT2D eigenvalue weighted by Crippen LogP contribution is 2.58. The van der Waals surface area contributed by atoms with Crippen LogP contribution >= 0.6 is 0 Å². The Balaban J connectivity index is 1.48. The molecular formula is C15H21N7. The van der Waals surface area contributed by atoms with E-state index < -0.39 is 0 Å². The number of nitrogens with two attached hydrogens (primary N) is 1. The molecule has 2 bridgehead atoms. The van der Waals surface area contributed by atoms with Crippen molar-refractivity contribution in [1.82, 2.24) is 19.7 Å². The second-order valence-electron chi connectivity index (χ2n) is 7.50. The SMILES string of the molecule is Cn1ncc2c(NC34CC(C3)C4)nc(NCC3(N)CC3)nc21. The number of hydrogen-bond acceptors (Lipinski definition) is 6. The van der Waals surface area contributed by atoms with E-state index in [0.717, 1.165) is 42.2 Å². The fraction of sp³-hybridized carbons (Fsp3) is 0.667. The molecule has 4 fully saturated rings. The molecule has 2 heterocycles. The van der Waals surface area contributed by atoms with Crippen molar-refractivity contribution in [1.29, 1.82) is 0 Å². The Hall–Kier alpha value is -1.89. The molecule has 0 spiro atoms. The molecule has 0 aliphatic heterocycles. The highest BCUT2D eigenvalue weighted by atomic mass is 15.3. The summed E-state index contributed by atoms with van der Waals surface area (Å²) in [5, 5.41) is 12.3. The third kappa shape index (κ3) is 1.81. The average molecular weight is 299 g/mol. The first-order valence-electron chi connectivity index (χ1n) is 8.05. The summed E-state index contributed by atoms with van der Waals surface area (Å²) in [7, 11) is 1.91. The minimum atomic E-state index is -0.0633. The molecule has 4 aliphatic rings. The van der Waals surface area contributed by atoms with Gasteiger partial charge in [0.1, 0.15) is 5.82 Å². The van der Waals surface area contributed by atoms with E-state index in [4.69, 9.17) is 10.7 Å². The van der Waals surface area contributed by atoms with Crippen molar-refractivity contribution in [2.24, 2.45) is 18.7 Å². The van der Waals surface area contributed by atoms with Gasteiger partial charge in [-0.05, 0) is 38.0 Å². The van der Waals surface area contributed by atoms with Gasteiger partial charge in [-0.15, -0.1) is 0 Å². The highest BCUT2D eigenvalue weighted by Gasteiger charge is 2.57. The van der Waals surface area contributed by atoms with Crippen LogP contribution in [0.4, 0.5) is 11.8 Å². The van der Waals surface area contributed by atoms with Gasteiger partial charge in [0.2, 0.25) is 5.95 Å². The van der Waals surface area contributed by atoms with Crippen molar-refractivity contribution >= 4 is 22.8 Å². The number of aromatic nitrogens is 4. The normalized spacial score (nSPS) is 30.5. The largest absolute Gasteiger partial charge is 0.364 e. The van der Waals surface area contributed by atoms with Crippen LogP contribution in [-0.2, 0) is 7.05 Å². The molecule has 2 aromatic rings. The predicted octanol–water partition coefficient (Wildman–Crippen LogP) is 1.23. The lowest BCUT2D eigenvalue weighted by atomic mass is 9.50. The van der Waals surface area contributed by atoms with Crippen molar-refractivity contribution in [3.63, 3.8) is 0 Å². The maximum absolute atomic E-state index is 6.14. The summed E-state index contributed by atoms with van der Waals surface area (Å²) in [6, 6.07) is 0. The fourth-order valence-electron chi connectivity index (χ4n) is 3.67. The van der Waals surface area contributed by atoms with Crippen LogP contribution in [-0.4, -0.2) is 37.4 Å². The Morgan fingerprint density at radius 3 is 2.73 bits per heavy atom. The molecule has 22 heavy (non-hydrogen) atoms. The van der Waals surface area contributed by atoms with E-state index in [-0.39, 0.29) is 11.1 Å². The molecule has 7 nitrogen and oxygen atoms in total. The number of rotatable bonds is 5. The minimum absolute atomic E-state index is 0.0633. The van der Waals surface area contributed by atoms with Crippen LogP contribution in [0.5, 0.6) is 0 Å². The smallest absolute Gasteiger partial charge is 0.226 e. The van der Waals surface area contributed by atoms with E-state index in [9.17, 15) is 0 Å². The zero-order valence-electron chi connectivity index (χ0n) is 12.8. The van der Waals surface area contributed by atoms with Crippen LogP contribution in [0.2, 0.25) is 0 Å². The lowest BCUT2D eigenvalue weighted by Gasteiger charge is -2.62. The van der Waals surface area contributed by atoms with Crippen molar-refractivity contribution < 1.29 is 0 Å². The molecule has 0 radical (unpaired) electrons. The van der Waals surface area contributed by atoms with Crippen molar-refractivity contribution in [3.05, 3.63) is 6.20 Å². The fourth-order valence-corrected chi connectivity index (χ4v) is 3.67. The maximum atomic E-state index is 6.14. The van der Waals surface area contributed by atoms with Gasteiger partial charge >= 0.3 is 0 Å². The quantitative estimate of drug-likeness (QED) is 0.769. The van der Waals surface area contributed by atoms with Crippen LogP contribution in [0, 0.1) is 5.92 Å². The highest BCUT2D eigenvalue weighted by molar-refractivity contribution is 5.88. The second kappa shape index (κ2) is 3.90. The molecule has 0 amide bonds. The standard InChI is InChI=1S/C15H21N7/c1-22-12-10(7-18-22)11(21-15-4-9(5-15)6-15)19-13(20-12)17-8-14(16)2-3-14/h7,9H,2-6,8,16H2,1H3,(H2,17,19,20,21). The second-order valence-corrected chi connectivity index (χ2v) is 7.50. The molecule has 6 rings (SSSR count). The Bertz CT molecular complexity index is 744. The molecule has 7 heteroatoms. The lowest BCUT2D eigenvalue weighted by molar-refractivity contribution is 0.00194. The Morgan fingerprint density at radius 1 is 1.32 bits per heavy atom. The van der Waals surface area contributed by atoms with Gasteiger partial charge in [0.25, 0.3) is 0 Å². The summed E-state index contributed by atoms with van der Waals surface area (Å²) in [5.41, 5.74) is 7.22. The third-order valence-electron chi connectivity index (χ3n) is 5.50. The number of fused-ring (bicyclic) bond motifs is 1. The number of nitrogens with zero attached hydrogens (tertiary/aromatic N) is 4. The van der Waals surface area contributed by atoms with E-state index in [2.05, 4.69) is 20.7 Å². The molecule has 2 aromatic heterocycles. The van der Waals surface area contributed by atoms with Crippen molar-refractivity contribution in [2.45, 2.75) is 43.2 Å². The Labute approximate surface area is 128 Å². The van der Waals surface area contributed by atoms with Crippen LogP contribution in [0.15, 0.2) is 6.20 Å². The molecule has 116 valence electrons. The van der Waals surface area contributed by atoms with E-state index in [1.54, 1.807) is 4.68 Å². The van der Waals surface area contributed by atoms with Crippen molar-refractivity contribution in [2.75, 3.05) is 17.2 Å². The van der Waals surface area contributed by atoms with E-state index in [1.807, 2.05) is 13.2 Å². The van der Waals surface area contributed by atoms with Crippen molar-refractivity contribution in [3.8, 4) is 0 Å².